The Morgan fingerprint density at radius 1 is 1.33 bits per heavy atom. The van der Waals surface area contributed by atoms with Gasteiger partial charge in [-0.2, -0.15) is 0 Å². The molecule has 15 heavy (non-hydrogen) atoms. The summed E-state index contributed by atoms with van der Waals surface area (Å²) in [6.45, 7) is 5.11. The second-order valence-electron chi connectivity index (χ2n) is 3.67. The number of hydrogen-bond donors (Lipinski definition) is 0. The first-order valence-corrected chi connectivity index (χ1v) is 5.85. The van der Waals surface area contributed by atoms with E-state index in [0.29, 0.717) is 12.5 Å². The molecule has 0 spiro atoms. The maximum atomic E-state index is 4.56. The molecule has 1 aromatic rings. The van der Waals surface area contributed by atoms with Gasteiger partial charge in [0.1, 0.15) is 0 Å². The molecular formula is C13H17NS. The van der Waals surface area contributed by atoms with Crippen molar-refractivity contribution in [3.63, 3.8) is 0 Å². The highest BCUT2D eigenvalue weighted by Crippen LogP contribution is 2.23. The number of aliphatic imine (C=N–C) groups is 1. The Morgan fingerprint density at radius 2 is 2.07 bits per heavy atom. The van der Waals surface area contributed by atoms with Gasteiger partial charge in [-0.1, -0.05) is 38.1 Å². The Hall–Kier alpha value is -0.980. The summed E-state index contributed by atoms with van der Waals surface area (Å²) in [6, 6.07) is 8.61. The Bertz CT molecular complexity index is 349. The van der Waals surface area contributed by atoms with Crippen LogP contribution in [0.3, 0.4) is 0 Å². The van der Waals surface area contributed by atoms with E-state index in [-0.39, 0.29) is 0 Å². The lowest BCUT2D eigenvalue weighted by Gasteiger charge is -2.13. The van der Waals surface area contributed by atoms with Crippen LogP contribution in [-0.2, 0) is 6.54 Å². The minimum Gasteiger partial charge on any atom is -0.228 e. The maximum Gasteiger partial charge on any atom is 0.0743 e. The minimum atomic E-state index is 0.650. The number of benzene rings is 1. The van der Waals surface area contributed by atoms with Gasteiger partial charge < -0.3 is 0 Å². The van der Waals surface area contributed by atoms with Crippen LogP contribution in [0.2, 0.25) is 0 Å². The zero-order chi connectivity index (χ0) is 11.1. The van der Waals surface area contributed by atoms with Crippen molar-refractivity contribution in [1.29, 1.82) is 0 Å². The highest BCUT2D eigenvalue weighted by molar-refractivity contribution is 7.78. The van der Waals surface area contributed by atoms with E-state index in [4.69, 9.17) is 0 Å². The van der Waals surface area contributed by atoms with E-state index in [0.717, 1.165) is 0 Å². The molecule has 1 aromatic carbocycles. The van der Waals surface area contributed by atoms with Crippen LogP contribution < -0.4 is 0 Å². The summed E-state index contributed by atoms with van der Waals surface area (Å²) in [5.74, 6) is 0.668. The molecule has 0 heterocycles. The second-order valence-corrected chi connectivity index (χ2v) is 3.85. The Kier molecular flexibility index (Phi) is 5.23. The number of isothiocyanates is 1. The normalized spacial score (nSPS) is 10.1. The summed E-state index contributed by atoms with van der Waals surface area (Å²) in [5.41, 5.74) is 2.63. The molecule has 2 heteroatoms. The second kappa shape index (κ2) is 6.49. The molecule has 0 amide bonds. The predicted molar refractivity (Wildman–Crippen MR) is 68.5 cm³/mol. The van der Waals surface area contributed by atoms with Crippen molar-refractivity contribution >= 4 is 17.4 Å². The van der Waals surface area contributed by atoms with Crippen LogP contribution in [0.25, 0.3) is 0 Å². The standard InChI is InChI=1S/C13H17NS/c1-3-12(4-2)13-7-5-6-11(8-13)9-14-10-15/h5-8,12H,3-4,9H2,1-2H3. The van der Waals surface area contributed by atoms with Crippen molar-refractivity contribution in [2.24, 2.45) is 4.99 Å². The molecule has 80 valence electrons. The summed E-state index contributed by atoms with van der Waals surface area (Å²) >= 11 is 4.56. The fourth-order valence-corrected chi connectivity index (χ4v) is 1.89. The minimum absolute atomic E-state index is 0.650. The summed E-state index contributed by atoms with van der Waals surface area (Å²) < 4.78 is 0. The highest BCUT2D eigenvalue weighted by atomic mass is 32.1. The molecule has 0 saturated heterocycles. The highest BCUT2D eigenvalue weighted by Gasteiger charge is 2.06. The van der Waals surface area contributed by atoms with Gasteiger partial charge >= 0.3 is 0 Å². The number of rotatable bonds is 5. The van der Waals surface area contributed by atoms with E-state index in [9.17, 15) is 0 Å². The largest absolute Gasteiger partial charge is 0.228 e. The molecule has 0 N–H and O–H groups in total. The fourth-order valence-electron chi connectivity index (χ4n) is 1.83. The molecule has 0 unspecified atom stereocenters. The van der Waals surface area contributed by atoms with Gasteiger partial charge in [-0.05, 0) is 42.1 Å². The molecule has 0 aliphatic heterocycles. The first kappa shape index (κ1) is 12.1. The summed E-state index contributed by atoms with van der Waals surface area (Å²) in [7, 11) is 0. The number of thiocarbonyl (C=S) groups is 1. The third-order valence-electron chi connectivity index (χ3n) is 2.73. The molecule has 0 aliphatic rings. The molecule has 0 aliphatic carbocycles. The van der Waals surface area contributed by atoms with E-state index in [1.807, 2.05) is 0 Å². The SMILES string of the molecule is CCC(CC)c1cccc(CN=C=S)c1. The third kappa shape index (κ3) is 3.58. The van der Waals surface area contributed by atoms with Crippen molar-refractivity contribution in [2.45, 2.75) is 39.2 Å². The Balaban J connectivity index is 2.85. The lowest BCUT2D eigenvalue weighted by molar-refractivity contribution is 0.641. The van der Waals surface area contributed by atoms with Crippen molar-refractivity contribution in [2.75, 3.05) is 0 Å². The van der Waals surface area contributed by atoms with Gasteiger partial charge in [0.05, 0.1) is 11.7 Å². The van der Waals surface area contributed by atoms with Crippen molar-refractivity contribution in [3.8, 4) is 0 Å². The van der Waals surface area contributed by atoms with E-state index >= 15 is 0 Å². The van der Waals surface area contributed by atoms with Crippen molar-refractivity contribution < 1.29 is 0 Å². The van der Waals surface area contributed by atoms with Gasteiger partial charge in [0.25, 0.3) is 0 Å². The van der Waals surface area contributed by atoms with Crippen LogP contribution in [0.5, 0.6) is 0 Å². The summed E-state index contributed by atoms with van der Waals surface area (Å²) in [4.78, 5) is 3.96. The maximum absolute atomic E-state index is 4.56. The fraction of sp³-hybridized carbons (Fsp3) is 0.462. The van der Waals surface area contributed by atoms with Crippen LogP contribution in [0, 0.1) is 0 Å². The monoisotopic (exact) mass is 219 g/mol. The smallest absolute Gasteiger partial charge is 0.0743 e. The lowest BCUT2D eigenvalue weighted by Crippen LogP contribution is -1.96. The van der Waals surface area contributed by atoms with Gasteiger partial charge in [0.2, 0.25) is 0 Å². The van der Waals surface area contributed by atoms with Crippen LogP contribution >= 0.6 is 12.2 Å². The van der Waals surface area contributed by atoms with Crippen LogP contribution in [0.15, 0.2) is 29.3 Å². The molecule has 0 aromatic heterocycles. The van der Waals surface area contributed by atoms with E-state index < -0.39 is 0 Å². The molecule has 1 rings (SSSR count). The lowest BCUT2D eigenvalue weighted by atomic mass is 9.93. The summed E-state index contributed by atoms with van der Waals surface area (Å²) in [6.07, 6.45) is 2.38. The molecule has 0 radical (unpaired) electrons. The van der Waals surface area contributed by atoms with E-state index in [1.165, 1.54) is 24.0 Å². The van der Waals surface area contributed by atoms with Gasteiger partial charge in [-0.15, -0.1) is 0 Å². The van der Waals surface area contributed by atoms with Crippen LogP contribution in [0.1, 0.15) is 43.7 Å². The van der Waals surface area contributed by atoms with Gasteiger partial charge in [-0.25, -0.2) is 4.99 Å². The quantitative estimate of drug-likeness (QED) is 0.534. The van der Waals surface area contributed by atoms with Gasteiger partial charge in [0, 0.05) is 0 Å². The van der Waals surface area contributed by atoms with Gasteiger partial charge in [-0.3, -0.25) is 0 Å². The number of nitrogens with zero attached hydrogens (tertiary/aromatic N) is 1. The molecular weight excluding hydrogens is 202 g/mol. The van der Waals surface area contributed by atoms with Crippen molar-refractivity contribution in [1.82, 2.24) is 0 Å². The predicted octanol–water partition coefficient (Wildman–Crippen LogP) is 4.19. The first-order chi connectivity index (χ1) is 7.31. The van der Waals surface area contributed by atoms with Crippen LogP contribution in [0.4, 0.5) is 0 Å². The molecule has 0 atom stereocenters. The zero-order valence-electron chi connectivity index (χ0n) is 9.36. The average Bonchev–Trinajstić information content (AvgIpc) is 2.29. The molecule has 0 bridgehead atoms. The average molecular weight is 219 g/mol. The van der Waals surface area contributed by atoms with Crippen molar-refractivity contribution in [3.05, 3.63) is 35.4 Å². The summed E-state index contributed by atoms with van der Waals surface area (Å²) in [5, 5.41) is 2.40. The Labute approximate surface area is 97.2 Å². The molecule has 1 nitrogen and oxygen atoms in total. The number of hydrogen-bond acceptors (Lipinski definition) is 2. The van der Waals surface area contributed by atoms with E-state index in [2.05, 4.69) is 60.5 Å². The Morgan fingerprint density at radius 3 is 2.67 bits per heavy atom. The first-order valence-electron chi connectivity index (χ1n) is 5.44. The topological polar surface area (TPSA) is 12.4 Å². The zero-order valence-corrected chi connectivity index (χ0v) is 10.2. The third-order valence-corrected chi connectivity index (χ3v) is 2.86. The molecule has 0 fully saturated rings. The van der Waals surface area contributed by atoms with Crippen LogP contribution in [-0.4, -0.2) is 5.16 Å². The van der Waals surface area contributed by atoms with E-state index in [1.54, 1.807) is 0 Å². The van der Waals surface area contributed by atoms with Gasteiger partial charge in [0.15, 0.2) is 0 Å². The molecule has 0 saturated carbocycles.